The maximum absolute atomic E-state index is 4.79. The van der Waals surface area contributed by atoms with E-state index in [0.29, 0.717) is 0 Å². The van der Waals surface area contributed by atoms with Crippen molar-refractivity contribution in [3.8, 4) is 33.9 Å². The summed E-state index contributed by atoms with van der Waals surface area (Å²) in [5.74, 6) is 0.891. The second-order valence-electron chi connectivity index (χ2n) is 8.57. The molecule has 0 aliphatic rings. The van der Waals surface area contributed by atoms with Crippen molar-refractivity contribution < 1.29 is 0 Å². The van der Waals surface area contributed by atoms with Gasteiger partial charge in [-0.25, -0.2) is 9.97 Å². The molecule has 0 unspecified atom stereocenters. The van der Waals surface area contributed by atoms with Crippen molar-refractivity contribution in [2.24, 2.45) is 0 Å². The first kappa shape index (κ1) is 20.2. The molecular weight excluding hydrogens is 416 g/mol. The molecule has 2 aromatic heterocycles. The van der Waals surface area contributed by atoms with Gasteiger partial charge >= 0.3 is 0 Å². The van der Waals surface area contributed by atoms with Crippen LogP contribution in [0.15, 0.2) is 110 Å². The maximum atomic E-state index is 4.79. The first-order valence-electron chi connectivity index (χ1n) is 11.4. The van der Waals surface area contributed by atoms with E-state index in [1.54, 1.807) is 0 Å². The predicted molar refractivity (Wildman–Crippen MR) is 139 cm³/mol. The SMILES string of the molecule is Cc1cc(-c2ccccc2)cc(C)c1-n1ccnc1-c1cccc2c1ncn2-c1ccccc1. The number of hydrogen-bond donors (Lipinski definition) is 0. The summed E-state index contributed by atoms with van der Waals surface area (Å²) in [6.07, 6.45) is 5.80. The Morgan fingerprint density at radius 2 is 1.35 bits per heavy atom. The number of nitrogens with zero attached hydrogens (tertiary/aromatic N) is 4. The number of rotatable bonds is 4. The summed E-state index contributed by atoms with van der Waals surface area (Å²) in [6.45, 7) is 4.34. The highest BCUT2D eigenvalue weighted by atomic mass is 15.1. The van der Waals surface area contributed by atoms with Crippen LogP contribution in [-0.4, -0.2) is 19.1 Å². The second-order valence-corrected chi connectivity index (χ2v) is 8.57. The van der Waals surface area contributed by atoms with E-state index in [4.69, 9.17) is 9.97 Å². The molecule has 0 aliphatic heterocycles. The molecule has 0 fully saturated rings. The lowest BCUT2D eigenvalue weighted by Gasteiger charge is -2.16. The fraction of sp³-hybridized carbons (Fsp3) is 0.0667. The van der Waals surface area contributed by atoms with Crippen LogP contribution in [-0.2, 0) is 0 Å². The summed E-state index contributed by atoms with van der Waals surface area (Å²) >= 11 is 0. The van der Waals surface area contributed by atoms with Crippen molar-refractivity contribution in [2.45, 2.75) is 13.8 Å². The van der Waals surface area contributed by atoms with Gasteiger partial charge in [0.15, 0.2) is 0 Å². The zero-order chi connectivity index (χ0) is 23.1. The standard InChI is InChI=1S/C30H24N4/c1-21-18-24(23-10-5-3-6-11-23)19-22(2)29(21)33-17-16-31-30(33)26-14-9-15-27-28(26)32-20-34(27)25-12-7-4-8-13-25/h3-20H,1-2H3. The molecule has 164 valence electrons. The quantitative estimate of drug-likeness (QED) is 0.291. The van der Waals surface area contributed by atoms with Gasteiger partial charge in [-0.05, 0) is 72.5 Å². The van der Waals surface area contributed by atoms with E-state index in [2.05, 4.69) is 95.8 Å². The lowest BCUT2D eigenvalue weighted by atomic mass is 9.98. The fourth-order valence-electron chi connectivity index (χ4n) is 4.83. The summed E-state index contributed by atoms with van der Waals surface area (Å²) in [7, 11) is 0. The maximum Gasteiger partial charge on any atom is 0.146 e. The highest BCUT2D eigenvalue weighted by Crippen LogP contribution is 2.33. The molecule has 0 atom stereocenters. The average Bonchev–Trinajstić information content (AvgIpc) is 3.52. The van der Waals surface area contributed by atoms with Crippen molar-refractivity contribution in [1.29, 1.82) is 0 Å². The summed E-state index contributed by atoms with van der Waals surface area (Å²) in [4.78, 5) is 9.57. The van der Waals surface area contributed by atoms with Gasteiger partial charge in [0.1, 0.15) is 12.2 Å². The number of hydrogen-bond acceptors (Lipinski definition) is 2. The minimum Gasteiger partial charge on any atom is -0.299 e. The lowest BCUT2D eigenvalue weighted by molar-refractivity contribution is 1.03. The first-order valence-corrected chi connectivity index (χ1v) is 11.4. The van der Waals surface area contributed by atoms with Crippen molar-refractivity contribution in [2.75, 3.05) is 0 Å². The van der Waals surface area contributed by atoms with Crippen LogP contribution in [0.2, 0.25) is 0 Å². The van der Waals surface area contributed by atoms with E-state index in [1.165, 1.54) is 22.3 Å². The third-order valence-electron chi connectivity index (χ3n) is 6.33. The number of aromatic nitrogens is 4. The number of aryl methyl sites for hydroxylation is 2. The molecule has 34 heavy (non-hydrogen) atoms. The predicted octanol–water partition coefficient (Wildman–Crippen LogP) is 7.16. The van der Waals surface area contributed by atoms with Crippen LogP contribution in [0.3, 0.4) is 0 Å². The Hall–Kier alpha value is -4.44. The van der Waals surface area contributed by atoms with Crippen molar-refractivity contribution in [3.05, 3.63) is 121 Å². The van der Waals surface area contributed by atoms with Gasteiger partial charge in [0.25, 0.3) is 0 Å². The van der Waals surface area contributed by atoms with Crippen LogP contribution >= 0.6 is 0 Å². The van der Waals surface area contributed by atoms with E-state index >= 15 is 0 Å². The van der Waals surface area contributed by atoms with Crippen LogP contribution < -0.4 is 0 Å². The van der Waals surface area contributed by atoms with Crippen LogP contribution in [0, 0.1) is 13.8 Å². The molecule has 0 saturated carbocycles. The molecule has 4 nitrogen and oxygen atoms in total. The van der Waals surface area contributed by atoms with Crippen LogP contribution in [0.25, 0.3) is 44.9 Å². The van der Waals surface area contributed by atoms with Crippen molar-refractivity contribution >= 4 is 11.0 Å². The van der Waals surface area contributed by atoms with E-state index < -0.39 is 0 Å². The molecule has 0 radical (unpaired) electrons. The van der Waals surface area contributed by atoms with E-state index in [1.807, 2.05) is 36.9 Å². The van der Waals surface area contributed by atoms with Gasteiger partial charge in [-0.3, -0.25) is 9.13 Å². The number of imidazole rings is 2. The lowest BCUT2D eigenvalue weighted by Crippen LogP contribution is -2.02. The topological polar surface area (TPSA) is 35.6 Å². The Morgan fingerprint density at radius 3 is 2.09 bits per heavy atom. The highest BCUT2D eigenvalue weighted by molar-refractivity contribution is 5.91. The van der Waals surface area contributed by atoms with Crippen LogP contribution in [0.1, 0.15) is 11.1 Å². The molecule has 0 bridgehead atoms. The molecule has 0 spiro atoms. The number of fused-ring (bicyclic) bond motifs is 1. The molecule has 0 amide bonds. The van der Waals surface area contributed by atoms with E-state index in [-0.39, 0.29) is 0 Å². The Morgan fingerprint density at radius 1 is 0.647 bits per heavy atom. The molecule has 0 N–H and O–H groups in total. The summed E-state index contributed by atoms with van der Waals surface area (Å²) in [5.41, 5.74) is 10.1. The normalized spacial score (nSPS) is 11.2. The van der Waals surface area contributed by atoms with Gasteiger partial charge in [0, 0.05) is 23.6 Å². The van der Waals surface area contributed by atoms with Crippen LogP contribution in [0.5, 0.6) is 0 Å². The Labute approximate surface area is 198 Å². The monoisotopic (exact) mass is 440 g/mol. The Balaban J connectivity index is 1.49. The molecule has 6 rings (SSSR count). The van der Waals surface area contributed by atoms with Gasteiger partial charge in [0.2, 0.25) is 0 Å². The van der Waals surface area contributed by atoms with Gasteiger partial charge in [-0.1, -0.05) is 54.6 Å². The van der Waals surface area contributed by atoms with E-state index in [0.717, 1.165) is 33.8 Å². The summed E-state index contributed by atoms with van der Waals surface area (Å²) < 4.78 is 4.31. The molecule has 4 heteroatoms. The number of benzene rings is 4. The van der Waals surface area contributed by atoms with Gasteiger partial charge in [-0.2, -0.15) is 0 Å². The Kier molecular flexibility index (Phi) is 4.84. The molecule has 0 saturated heterocycles. The van der Waals surface area contributed by atoms with Gasteiger partial charge < -0.3 is 0 Å². The average molecular weight is 441 g/mol. The zero-order valence-corrected chi connectivity index (χ0v) is 19.2. The fourth-order valence-corrected chi connectivity index (χ4v) is 4.83. The molecule has 2 heterocycles. The zero-order valence-electron chi connectivity index (χ0n) is 19.2. The molecule has 4 aromatic carbocycles. The smallest absolute Gasteiger partial charge is 0.146 e. The first-order chi connectivity index (χ1) is 16.7. The van der Waals surface area contributed by atoms with E-state index in [9.17, 15) is 0 Å². The van der Waals surface area contributed by atoms with Crippen molar-refractivity contribution in [1.82, 2.24) is 19.1 Å². The Bertz CT molecular complexity index is 1590. The van der Waals surface area contributed by atoms with Gasteiger partial charge in [-0.15, -0.1) is 0 Å². The second kappa shape index (κ2) is 8.16. The van der Waals surface area contributed by atoms with Crippen LogP contribution in [0.4, 0.5) is 0 Å². The highest BCUT2D eigenvalue weighted by Gasteiger charge is 2.17. The third-order valence-corrected chi connectivity index (χ3v) is 6.33. The molecular formula is C30H24N4. The molecule has 6 aromatic rings. The summed E-state index contributed by atoms with van der Waals surface area (Å²) in [5, 5.41) is 0. The summed E-state index contributed by atoms with van der Waals surface area (Å²) in [6, 6.07) is 31.6. The van der Waals surface area contributed by atoms with Gasteiger partial charge in [0.05, 0.1) is 16.7 Å². The third kappa shape index (κ3) is 3.32. The minimum atomic E-state index is 0.891. The molecule has 0 aliphatic carbocycles. The minimum absolute atomic E-state index is 0.891. The van der Waals surface area contributed by atoms with Crippen molar-refractivity contribution in [3.63, 3.8) is 0 Å². The number of para-hydroxylation sites is 2. The largest absolute Gasteiger partial charge is 0.299 e.